The number of nitrogens with one attached hydrogen (secondary N) is 1. The van der Waals surface area contributed by atoms with Gasteiger partial charge in [-0.25, -0.2) is 9.97 Å². The summed E-state index contributed by atoms with van der Waals surface area (Å²) in [5.74, 6) is 1.74. The fourth-order valence-corrected chi connectivity index (χ4v) is 2.10. The van der Waals surface area contributed by atoms with Gasteiger partial charge in [-0.3, -0.25) is 0 Å². The summed E-state index contributed by atoms with van der Waals surface area (Å²) in [6, 6.07) is 2.14. The standard InChI is InChI=1S/C13H19N3O2/c1-9-5-12(16-13(14-9)8-18-2)15-11-4-3-10(6-11)7-17/h3-5,10-11,17H,6-8H2,1-2H3,(H,14,15,16)/t10-,11+/m0/s1. The van der Waals surface area contributed by atoms with Crippen LogP contribution in [0.15, 0.2) is 18.2 Å². The summed E-state index contributed by atoms with van der Waals surface area (Å²) >= 11 is 0. The molecule has 0 saturated heterocycles. The fraction of sp³-hybridized carbons (Fsp3) is 0.538. The molecule has 18 heavy (non-hydrogen) atoms. The first-order valence-electron chi connectivity index (χ1n) is 6.10. The minimum Gasteiger partial charge on any atom is -0.396 e. The number of aliphatic hydroxyl groups is 1. The molecule has 0 saturated carbocycles. The second-order valence-electron chi connectivity index (χ2n) is 4.56. The van der Waals surface area contributed by atoms with Gasteiger partial charge in [0.25, 0.3) is 0 Å². The number of aryl methyl sites for hydroxylation is 1. The maximum atomic E-state index is 9.09. The van der Waals surface area contributed by atoms with Crippen LogP contribution in [0.3, 0.4) is 0 Å². The first kappa shape index (κ1) is 13.0. The minimum absolute atomic E-state index is 0.201. The van der Waals surface area contributed by atoms with Gasteiger partial charge in [-0.2, -0.15) is 0 Å². The van der Waals surface area contributed by atoms with E-state index in [1.54, 1.807) is 7.11 Å². The van der Waals surface area contributed by atoms with Crippen molar-refractivity contribution in [3.8, 4) is 0 Å². The first-order valence-corrected chi connectivity index (χ1v) is 6.10. The molecule has 0 bridgehead atoms. The lowest BCUT2D eigenvalue weighted by atomic mass is 10.1. The van der Waals surface area contributed by atoms with Crippen LogP contribution in [-0.2, 0) is 11.3 Å². The molecule has 0 radical (unpaired) electrons. The quantitative estimate of drug-likeness (QED) is 0.769. The topological polar surface area (TPSA) is 67.3 Å². The second kappa shape index (κ2) is 5.93. The molecule has 1 heterocycles. The van der Waals surface area contributed by atoms with Gasteiger partial charge in [0.1, 0.15) is 12.4 Å². The highest BCUT2D eigenvalue weighted by Crippen LogP contribution is 2.20. The molecule has 0 spiro atoms. The molecular formula is C13H19N3O2. The zero-order valence-electron chi connectivity index (χ0n) is 10.8. The number of aliphatic hydroxyl groups excluding tert-OH is 1. The van der Waals surface area contributed by atoms with Crippen molar-refractivity contribution in [1.29, 1.82) is 0 Å². The number of aromatic nitrogens is 2. The van der Waals surface area contributed by atoms with Crippen LogP contribution in [0.5, 0.6) is 0 Å². The van der Waals surface area contributed by atoms with Gasteiger partial charge in [-0.05, 0) is 13.3 Å². The molecule has 2 rings (SSSR count). The number of hydrogen-bond acceptors (Lipinski definition) is 5. The number of methoxy groups -OCH3 is 1. The predicted octanol–water partition coefficient (Wildman–Crippen LogP) is 1.28. The normalized spacial score (nSPS) is 22.4. The third-order valence-corrected chi connectivity index (χ3v) is 2.91. The van der Waals surface area contributed by atoms with E-state index in [1.165, 1.54) is 0 Å². The van der Waals surface area contributed by atoms with Crippen LogP contribution < -0.4 is 5.32 Å². The van der Waals surface area contributed by atoms with Gasteiger partial charge >= 0.3 is 0 Å². The summed E-state index contributed by atoms with van der Waals surface area (Å²) in [5, 5.41) is 12.4. The van der Waals surface area contributed by atoms with Crippen molar-refractivity contribution in [3.63, 3.8) is 0 Å². The number of ether oxygens (including phenoxy) is 1. The van der Waals surface area contributed by atoms with Crippen molar-refractivity contribution in [2.75, 3.05) is 19.0 Å². The van der Waals surface area contributed by atoms with Gasteiger partial charge < -0.3 is 15.2 Å². The Labute approximate surface area is 107 Å². The van der Waals surface area contributed by atoms with Crippen LogP contribution in [0.2, 0.25) is 0 Å². The summed E-state index contributed by atoms with van der Waals surface area (Å²) in [4.78, 5) is 8.69. The van der Waals surface area contributed by atoms with Crippen LogP contribution in [0.4, 0.5) is 5.82 Å². The van der Waals surface area contributed by atoms with Crippen molar-refractivity contribution in [1.82, 2.24) is 9.97 Å². The van der Waals surface area contributed by atoms with E-state index in [0.29, 0.717) is 12.4 Å². The largest absolute Gasteiger partial charge is 0.396 e. The van der Waals surface area contributed by atoms with Crippen molar-refractivity contribution >= 4 is 5.82 Å². The molecule has 98 valence electrons. The average molecular weight is 249 g/mol. The van der Waals surface area contributed by atoms with Gasteiger partial charge in [0.15, 0.2) is 5.82 Å². The SMILES string of the molecule is COCc1nc(C)cc(N[C@@H]2C=C[C@H](CO)C2)n1. The number of hydrogen-bond donors (Lipinski definition) is 2. The monoisotopic (exact) mass is 249 g/mol. The smallest absolute Gasteiger partial charge is 0.156 e. The molecule has 0 unspecified atom stereocenters. The van der Waals surface area contributed by atoms with Crippen LogP contribution in [0, 0.1) is 12.8 Å². The van der Waals surface area contributed by atoms with E-state index in [4.69, 9.17) is 9.84 Å². The van der Waals surface area contributed by atoms with Crippen LogP contribution in [0.1, 0.15) is 17.9 Å². The van der Waals surface area contributed by atoms with E-state index in [0.717, 1.165) is 17.9 Å². The maximum Gasteiger partial charge on any atom is 0.156 e. The second-order valence-corrected chi connectivity index (χ2v) is 4.56. The highest BCUT2D eigenvalue weighted by molar-refractivity contribution is 5.39. The zero-order chi connectivity index (χ0) is 13.0. The molecule has 1 aromatic rings. The van der Waals surface area contributed by atoms with Crippen molar-refractivity contribution in [2.24, 2.45) is 5.92 Å². The van der Waals surface area contributed by atoms with Crippen LogP contribution in [0.25, 0.3) is 0 Å². The van der Waals surface area contributed by atoms with E-state index in [2.05, 4.69) is 21.4 Å². The average Bonchev–Trinajstić information content (AvgIpc) is 2.76. The van der Waals surface area contributed by atoms with E-state index in [1.807, 2.05) is 19.1 Å². The van der Waals surface area contributed by atoms with E-state index >= 15 is 0 Å². The third kappa shape index (κ3) is 3.27. The number of anilines is 1. The predicted molar refractivity (Wildman–Crippen MR) is 69.2 cm³/mol. The Balaban J connectivity index is 2.03. The lowest BCUT2D eigenvalue weighted by Gasteiger charge is -2.14. The summed E-state index contributed by atoms with van der Waals surface area (Å²) in [7, 11) is 1.63. The highest BCUT2D eigenvalue weighted by Gasteiger charge is 2.18. The molecule has 1 aliphatic carbocycles. The highest BCUT2D eigenvalue weighted by atomic mass is 16.5. The van der Waals surface area contributed by atoms with E-state index in [9.17, 15) is 0 Å². The van der Waals surface area contributed by atoms with Crippen molar-refractivity contribution < 1.29 is 9.84 Å². The maximum absolute atomic E-state index is 9.09. The lowest BCUT2D eigenvalue weighted by Crippen LogP contribution is -2.18. The van der Waals surface area contributed by atoms with Crippen LogP contribution in [-0.4, -0.2) is 34.8 Å². The summed E-state index contributed by atoms with van der Waals surface area (Å²) in [6.45, 7) is 2.55. The van der Waals surface area contributed by atoms with E-state index < -0.39 is 0 Å². The Hall–Kier alpha value is -1.46. The Kier molecular flexibility index (Phi) is 4.28. The van der Waals surface area contributed by atoms with Crippen molar-refractivity contribution in [3.05, 3.63) is 29.7 Å². The summed E-state index contributed by atoms with van der Waals surface area (Å²) < 4.78 is 5.04. The zero-order valence-corrected chi connectivity index (χ0v) is 10.8. The molecule has 0 aromatic carbocycles. The van der Waals surface area contributed by atoms with E-state index in [-0.39, 0.29) is 18.6 Å². The molecule has 5 heteroatoms. The van der Waals surface area contributed by atoms with Gasteiger partial charge in [-0.15, -0.1) is 0 Å². The van der Waals surface area contributed by atoms with Crippen LogP contribution >= 0.6 is 0 Å². The van der Waals surface area contributed by atoms with Gasteiger partial charge in [-0.1, -0.05) is 12.2 Å². The summed E-state index contributed by atoms with van der Waals surface area (Å²) in [5.41, 5.74) is 0.917. The fourth-order valence-electron chi connectivity index (χ4n) is 2.10. The Morgan fingerprint density at radius 1 is 1.44 bits per heavy atom. The van der Waals surface area contributed by atoms with Crippen molar-refractivity contribution in [2.45, 2.75) is 26.0 Å². The molecule has 2 N–H and O–H groups in total. The molecule has 1 aliphatic rings. The molecule has 2 atom stereocenters. The molecule has 5 nitrogen and oxygen atoms in total. The molecule has 0 fully saturated rings. The minimum atomic E-state index is 0.201. The molecular weight excluding hydrogens is 230 g/mol. The number of rotatable bonds is 5. The molecule has 1 aromatic heterocycles. The van der Waals surface area contributed by atoms with Gasteiger partial charge in [0.2, 0.25) is 0 Å². The third-order valence-electron chi connectivity index (χ3n) is 2.91. The van der Waals surface area contributed by atoms with Gasteiger partial charge in [0.05, 0.1) is 0 Å². The molecule has 0 amide bonds. The Morgan fingerprint density at radius 3 is 2.94 bits per heavy atom. The molecule has 0 aliphatic heterocycles. The lowest BCUT2D eigenvalue weighted by molar-refractivity contribution is 0.177. The Morgan fingerprint density at radius 2 is 2.28 bits per heavy atom. The first-order chi connectivity index (χ1) is 8.71. The van der Waals surface area contributed by atoms with Gasteiger partial charge in [0, 0.05) is 37.4 Å². The summed E-state index contributed by atoms with van der Waals surface area (Å²) in [6.07, 6.45) is 5.02. The number of nitrogens with zero attached hydrogens (tertiary/aromatic N) is 2. The Bertz CT molecular complexity index is 434.